The Morgan fingerprint density at radius 3 is 2.54 bits per heavy atom. The number of sulfonamides is 1. The summed E-state index contributed by atoms with van der Waals surface area (Å²) in [6, 6.07) is 13.5. The average Bonchev–Trinajstić information content (AvgIpc) is 3.38. The van der Waals surface area contributed by atoms with Gasteiger partial charge in [-0.15, -0.1) is 11.3 Å². The SMILES string of the molecule is CNc1nc(-c2ccc(OC)c(NC(=O)CN(C3CCCCC3)S(=O)(=O)c3ccccc3)c2)cs1. The molecule has 4 rings (SSSR count). The van der Waals surface area contributed by atoms with E-state index in [4.69, 9.17) is 4.74 Å². The van der Waals surface area contributed by atoms with E-state index in [0.29, 0.717) is 11.4 Å². The number of aromatic nitrogens is 1. The summed E-state index contributed by atoms with van der Waals surface area (Å²) >= 11 is 1.48. The molecule has 0 saturated heterocycles. The predicted octanol–water partition coefficient (Wildman–Crippen LogP) is 4.82. The highest BCUT2D eigenvalue weighted by atomic mass is 32.2. The van der Waals surface area contributed by atoms with E-state index in [1.165, 1.54) is 22.8 Å². The van der Waals surface area contributed by atoms with Crippen molar-refractivity contribution in [2.24, 2.45) is 0 Å². The van der Waals surface area contributed by atoms with Crippen molar-refractivity contribution >= 4 is 38.1 Å². The van der Waals surface area contributed by atoms with Gasteiger partial charge >= 0.3 is 0 Å². The fourth-order valence-electron chi connectivity index (χ4n) is 4.32. The van der Waals surface area contributed by atoms with E-state index >= 15 is 0 Å². The maximum atomic E-state index is 13.5. The molecule has 186 valence electrons. The number of methoxy groups -OCH3 is 1. The van der Waals surface area contributed by atoms with Crippen LogP contribution in [0.2, 0.25) is 0 Å². The molecule has 1 amide bonds. The molecule has 2 N–H and O–H groups in total. The number of hydrogen-bond donors (Lipinski definition) is 2. The Morgan fingerprint density at radius 2 is 1.89 bits per heavy atom. The molecule has 3 aromatic rings. The summed E-state index contributed by atoms with van der Waals surface area (Å²) < 4.78 is 33.9. The number of thiazole rings is 1. The molecule has 0 radical (unpaired) electrons. The molecule has 0 unspecified atom stereocenters. The first-order valence-corrected chi connectivity index (χ1v) is 13.9. The fraction of sp³-hybridized carbons (Fsp3) is 0.360. The average molecular weight is 515 g/mol. The molecular formula is C25H30N4O4S2. The van der Waals surface area contributed by atoms with Gasteiger partial charge in [-0.1, -0.05) is 37.5 Å². The summed E-state index contributed by atoms with van der Waals surface area (Å²) in [6.07, 6.45) is 4.47. The highest BCUT2D eigenvalue weighted by Crippen LogP contribution is 2.33. The number of carbonyl (C=O) groups is 1. The third kappa shape index (κ3) is 5.83. The van der Waals surface area contributed by atoms with Crippen LogP contribution in [0.15, 0.2) is 58.8 Å². The molecule has 35 heavy (non-hydrogen) atoms. The van der Waals surface area contributed by atoms with E-state index in [1.807, 2.05) is 18.5 Å². The Bertz CT molecular complexity index is 1260. The van der Waals surface area contributed by atoms with Crippen LogP contribution in [0.4, 0.5) is 10.8 Å². The van der Waals surface area contributed by atoms with Crippen LogP contribution in [0.5, 0.6) is 5.75 Å². The van der Waals surface area contributed by atoms with Gasteiger partial charge in [-0.05, 0) is 43.2 Å². The largest absolute Gasteiger partial charge is 0.495 e. The van der Waals surface area contributed by atoms with Gasteiger partial charge in [0, 0.05) is 24.0 Å². The van der Waals surface area contributed by atoms with Gasteiger partial charge in [0.05, 0.1) is 29.9 Å². The van der Waals surface area contributed by atoms with E-state index in [0.717, 1.165) is 48.5 Å². The number of ether oxygens (including phenoxy) is 1. The topological polar surface area (TPSA) is 101 Å². The van der Waals surface area contributed by atoms with Crippen molar-refractivity contribution in [3.05, 3.63) is 53.9 Å². The molecule has 1 heterocycles. The van der Waals surface area contributed by atoms with Crippen molar-refractivity contribution < 1.29 is 17.9 Å². The van der Waals surface area contributed by atoms with Crippen LogP contribution in [-0.2, 0) is 14.8 Å². The number of amides is 1. The normalized spacial score (nSPS) is 14.6. The highest BCUT2D eigenvalue weighted by Gasteiger charge is 2.34. The van der Waals surface area contributed by atoms with Crippen LogP contribution in [0.1, 0.15) is 32.1 Å². The number of hydrogen-bond acceptors (Lipinski definition) is 7. The van der Waals surface area contributed by atoms with E-state index in [9.17, 15) is 13.2 Å². The second-order valence-electron chi connectivity index (χ2n) is 8.41. The summed E-state index contributed by atoms with van der Waals surface area (Å²) in [4.78, 5) is 17.9. The number of rotatable bonds is 9. The lowest BCUT2D eigenvalue weighted by molar-refractivity contribution is -0.116. The lowest BCUT2D eigenvalue weighted by atomic mass is 9.95. The van der Waals surface area contributed by atoms with Crippen LogP contribution in [0.3, 0.4) is 0 Å². The lowest BCUT2D eigenvalue weighted by Gasteiger charge is -2.33. The molecule has 1 saturated carbocycles. The second kappa shape index (κ2) is 11.2. The maximum Gasteiger partial charge on any atom is 0.243 e. The van der Waals surface area contributed by atoms with Crippen molar-refractivity contribution in [3.63, 3.8) is 0 Å². The Balaban J connectivity index is 1.59. The molecule has 1 aliphatic rings. The van der Waals surface area contributed by atoms with Crippen molar-refractivity contribution in [2.75, 3.05) is 31.3 Å². The minimum atomic E-state index is -3.83. The van der Waals surface area contributed by atoms with Crippen LogP contribution in [-0.4, -0.2) is 50.4 Å². The van der Waals surface area contributed by atoms with E-state index in [2.05, 4.69) is 15.6 Å². The van der Waals surface area contributed by atoms with Gasteiger partial charge in [0.2, 0.25) is 15.9 Å². The van der Waals surface area contributed by atoms with Crippen molar-refractivity contribution in [1.82, 2.24) is 9.29 Å². The summed E-state index contributed by atoms with van der Waals surface area (Å²) in [6.45, 7) is -0.268. The molecule has 0 bridgehead atoms. The Labute approximate surface area is 210 Å². The predicted molar refractivity (Wildman–Crippen MR) is 139 cm³/mol. The summed E-state index contributed by atoms with van der Waals surface area (Å²) in [5.41, 5.74) is 2.06. The smallest absolute Gasteiger partial charge is 0.243 e. The number of nitrogens with zero attached hydrogens (tertiary/aromatic N) is 2. The first-order valence-electron chi connectivity index (χ1n) is 11.6. The zero-order valence-corrected chi connectivity index (χ0v) is 21.5. The quantitative estimate of drug-likeness (QED) is 0.425. The van der Waals surface area contributed by atoms with Crippen LogP contribution in [0, 0.1) is 0 Å². The van der Waals surface area contributed by atoms with Gasteiger partial charge in [-0.25, -0.2) is 13.4 Å². The number of carbonyl (C=O) groups excluding carboxylic acids is 1. The Morgan fingerprint density at radius 1 is 1.14 bits per heavy atom. The molecule has 0 spiro atoms. The maximum absolute atomic E-state index is 13.5. The standard InChI is InChI=1S/C25H30N4O4S2/c1-26-25-28-22(17-34-25)18-13-14-23(33-2)21(15-18)27-24(30)16-29(19-9-5-3-6-10-19)35(31,32)20-11-7-4-8-12-20/h4,7-8,11-15,17,19H,3,5-6,9-10,16H2,1-2H3,(H,26,28)(H,27,30). The number of anilines is 2. The number of benzene rings is 2. The molecule has 1 aliphatic carbocycles. The lowest BCUT2D eigenvalue weighted by Crippen LogP contribution is -2.45. The highest BCUT2D eigenvalue weighted by molar-refractivity contribution is 7.89. The fourth-order valence-corrected chi connectivity index (χ4v) is 6.67. The van der Waals surface area contributed by atoms with Crippen molar-refractivity contribution in [3.8, 4) is 17.0 Å². The van der Waals surface area contributed by atoms with Gasteiger partial charge in [0.1, 0.15) is 5.75 Å². The minimum absolute atomic E-state index is 0.196. The second-order valence-corrected chi connectivity index (χ2v) is 11.2. The Hall–Kier alpha value is -2.95. The zero-order valence-electron chi connectivity index (χ0n) is 19.9. The molecule has 1 fully saturated rings. The molecular weight excluding hydrogens is 484 g/mol. The van der Waals surface area contributed by atoms with Crippen LogP contribution >= 0.6 is 11.3 Å². The number of nitrogens with one attached hydrogen (secondary N) is 2. The molecule has 10 heteroatoms. The van der Waals surface area contributed by atoms with Crippen molar-refractivity contribution in [1.29, 1.82) is 0 Å². The van der Waals surface area contributed by atoms with Gasteiger partial charge in [-0.2, -0.15) is 4.31 Å². The first kappa shape index (κ1) is 25.2. The Kier molecular flexibility index (Phi) is 8.04. The van der Waals surface area contributed by atoms with Gasteiger partial charge < -0.3 is 15.4 Å². The van der Waals surface area contributed by atoms with Crippen LogP contribution < -0.4 is 15.4 Å². The van der Waals surface area contributed by atoms with E-state index in [-0.39, 0.29) is 17.5 Å². The molecule has 1 aromatic heterocycles. The van der Waals surface area contributed by atoms with E-state index < -0.39 is 15.9 Å². The van der Waals surface area contributed by atoms with Crippen LogP contribution in [0.25, 0.3) is 11.3 Å². The third-order valence-corrected chi connectivity index (χ3v) is 8.89. The first-order chi connectivity index (χ1) is 16.9. The minimum Gasteiger partial charge on any atom is -0.495 e. The molecule has 0 atom stereocenters. The van der Waals surface area contributed by atoms with Crippen molar-refractivity contribution in [2.45, 2.75) is 43.0 Å². The summed E-state index contributed by atoms with van der Waals surface area (Å²) in [7, 11) is -0.491. The molecule has 0 aliphatic heterocycles. The molecule has 2 aromatic carbocycles. The summed E-state index contributed by atoms with van der Waals surface area (Å²) in [5, 5.41) is 8.61. The van der Waals surface area contributed by atoms with E-state index in [1.54, 1.807) is 42.5 Å². The summed E-state index contributed by atoms with van der Waals surface area (Å²) in [5.74, 6) is 0.0704. The van der Waals surface area contributed by atoms with Gasteiger partial charge in [0.15, 0.2) is 5.13 Å². The van der Waals surface area contributed by atoms with Gasteiger partial charge in [-0.3, -0.25) is 4.79 Å². The third-order valence-electron chi connectivity index (χ3n) is 6.12. The molecule has 8 nitrogen and oxygen atoms in total. The zero-order chi connectivity index (χ0) is 24.8. The monoisotopic (exact) mass is 514 g/mol. The van der Waals surface area contributed by atoms with Gasteiger partial charge in [0.25, 0.3) is 0 Å².